The van der Waals surface area contributed by atoms with E-state index in [0.29, 0.717) is 6.04 Å². The Morgan fingerprint density at radius 1 is 1.15 bits per heavy atom. The van der Waals surface area contributed by atoms with Gasteiger partial charge in [-0.25, -0.2) is 9.97 Å². The van der Waals surface area contributed by atoms with E-state index >= 15 is 0 Å². The van der Waals surface area contributed by atoms with E-state index in [-0.39, 0.29) is 0 Å². The van der Waals surface area contributed by atoms with Gasteiger partial charge in [-0.1, -0.05) is 24.6 Å². The van der Waals surface area contributed by atoms with Crippen LogP contribution in [0.4, 0.5) is 0 Å². The molecule has 0 unspecified atom stereocenters. The first-order valence-electron chi connectivity index (χ1n) is 8.66. The van der Waals surface area contributed by atoms with Crippen LogP contribution in [-0.4, -0.2) is 19.5 Å². The van der Waals surface area contributed by atoms with E-state index in [1.807, 2.05) is 19.2 Å². The quantitative estimate of drug-likeness (QED) is 0.526. The van der Waals surface area contributed by atoms with Crippen molar-refractivity contribution in [3.63, 3.8) is 0 Å². The third kappa shape index (κ3) is 2.58. The Morgan fingerprint density at radius 3 is 2.77 bits per heavy atom. The molecule has 0 aliphatic heterocycles. The van der Waals surface area contributed by atoms with E-state index in [0.717, 1.165) is 33.4 Å². The molecule has 0 aliphatic carbocycles. The molecule has 0 fully saturated rings. The molecule has 0 aliphatic rings. The zero-order valence-electron chi connectivity index (χ0n) is 15.2. The Morgan fingerprint density at radius 2 is 2.00 bits per heavy atom. The first kappa shape index (κ1) is 16.2. The summed E-state index contributed by atoms with van der Waals surface area (Å²) in [7, 11) is 0. The summed E-state index contributed by atoms with van der Waals surface area (Å²) in [5.41, 5.74) is 5.91. The number of hydrogen-bond acceptors (Lipinski definition) is 2. The number of aromatic amines is 1. The monoisotopic (exact) mass is 340 g/mol. The molecule has 3 heterocycles. The van der Waals surface area contributed by atoms with Crippen LogP contribution in [-0.2, 0) is 0 Å². The Kier molecular flexibility index (Phi) is 3.85. The van der Waals surface area contributed by atoms with E-state index < -0.39 is 0 Å². The van der Waals surface area contributed by atoms with Gasteiger partial charge in [-0.2, -0.15) is 0 Å². The highest BCUT2D eigenvalue weighted by atomic mass is 15.0. The number of H-pyrrole nitrogens is 1. The first-order chi connectivity index (χ1) is 12.6. The van der Waals surface area contributed by atoms with Crippen LogP contribution in [0.15, 0.2) is 49.6 Å². The number of nitrogens with zero attached hydrogens (tertiary/aromatic N) is 3. The molecule has 1 aromatic carbocycles. The lowest BCUT2D eigenvalue weighted by Crippen LogP contribution is -1.99. The molecular formula is C22H20N4. The maximum absolute atomic E-state index is 4.34. The molecule has 4 rings (SSSR count). The third-order valence-corrected chi connectivity index (χ3v) is 4.54. The SMILES string of the molecule is C=C(C)c1cn(C(C)C)c2c(C#Cc3ncnc4[nH]ccc34)cccc12. The standard InChI is InChI=1S/C22H20N4/c1-14(2)19-12-26(15(3)4)21-16(6-5-7-17(19)21)8-9-20-18-10-11-23-22(18)25-13-24-20/h5-7,10-13,15H,1H2,2-4H3,(H,23,24,25). The van der Waals surface area contributed by atoms with Crippen molar-refractivity contribution in [2.75, 3.05) is 0 Å². The van der Waals surface area contributed by atoms with E-state index in [2.05, 4.69) is 76.2 Å². The minimum atomic E-state index is 0.337. The summed E-state index contributed by atoms with van der Waals surface area (Å²) in [5.74, 6) is 6.56. The summed E-state index contributed by atoms with van der Waals surface area (Å²) < 4.78 is 2.27. The van der Waals surface area contributed by atoms with Crippen molar-refractivity contribution >= 4 is 27.5 Å². The Balaban J connectivity index is 1.93. The van der Waals surface area contributed by atoms with Gasteiger partial charge < -0.3 is 9.55 Å². The maximum Gasteiger partial charge on any atom is 0.141 e. The van der Waals surface area contributed by atoms with Gasteiger partial charge in [0.05, 0.1) is 10.9 Å². The van der Waals surface area contributed by atoms with Crippen molar-refractivity contribution in [2.24, 2.45) is 0 Å². The number of nitrogens with one attached hydrogen (secondary N) is 1. The molecule has 1 N–H and O–H groups in total. The predicted molar refractivity (Wildman–Crippen MR) is 107 cm³/mol. The van der Waals surface area contributed by atoms with E-state index in [9.17, 15) is 0 Å². The smallest absolute Gasteiger partial charge is 0.141 e. The first-order valence-corrected chi connectivity index (χ1v) is 8.66. The lowest BCUT2D eigenvalue weighted by atomic mass is 10.1. The fourth-order valence-corrected chi connectivity index (χ4v) is 3.26. The van der Waals surface area contributed by atoms with Crippen molar-refractivity contribution in [2.45, 2.75) is 26.8 Å². The van der Waals surface area contributed by atoms with E-state index in [1.165, 1.54) is 10.9 Å². The van der Waals surface area contributed by atoms with Gasteiger partial charge in [0.1, 0.15) is 17.7 Å². The van der Waals surface area contributed by atoms with Crippen LogP contribution in [0.25, 0.3) is 27.5 Å². The average Bonchev–Trinajstić information content (AvgIpc) is 3.24. The fraction of sp³-hybridized carbons (Fsp3) is 0.182. The van der Waals surface area contributed by atoms with Crippen molar-refractivity contribution < 1.29 is 0 Å². The largest absolute Gasteiger partial charge is 0.346 e. The Bertz CT molecular complexity index is 1200. The average molecular weight is 340 g/mol. The molecule has 0 bridgehead atoms. The van der Waals surface area contributed by atoms with Crippen molar-refractivity contribution in [3.8, 4) is 11.8 Å². The van der Waals surface area contributed by atoms with Crippen LogP contribution in [0, 0.1) is 11.8 Å². The lowest BCUT2D eigenvalue weighted by molar-refractivity contribution is 0.622. The molecule has 4 nitrogen and oxygen atoms in total. The van der Waals surface area contributed by atoms with Crippen molar-refractivity contribution in [1.29, 1.82) is 0 Å². The van der Waals surface area contributed by atoms with Gasteiger partial charge >= 0.3 is 0 Å². The molecule has 0 amide bonds. The Labute approximate surface area is 152 Å². The maximum atomic E-state index is 4.34. The second-order valence-electron chi connectivity index (χ2n) is 6.74. The lowest BCUT2D eigenvalue weighted by Gasteiger charge is -2.10. The van der Waals surface area contributed by atoms with Gasteiger partial charge in [-0.05, 0) is 44.4 Å². The zero-order valence-corrected chi connectivity index (χ0v) is 15.2. The highest BCUT2D eigenvalue weighted by Gasteiger charge is 2.13. The van der Waals surface area contributed by atoms with Crippen LogP contribution >= 0.6 is 0 Å². The minimum Gasteiger partial charge on any atom is -0.346 e. The summed E-state index contributed by atoms with van der Waals surface area (Å²) in [5, 5.41) is 2.13. The molecule has 4 aromatic rings. The van der Waals surface area contributed by atoms with Crippen molar-refractivity contribution in [3.05, 3.63) is 66.4 Å². The summed E-state index contributed by atoms with van der Waals surface area (Å²) >= 11 is 0. The molecule has 0 radical (unpaired) electrons. The topological polar surface area (TPSA) is 46.5 Å². The third-order valence-electron chi connectivity index (χ3n) is 4.54. The molecule has 128 valence electrons. The summed E-state index contributed by atoms with van der Waals surface area (Å²) in [6.45, 7) is 10.5. The number of para-hydroxylation sites is 1. The molecule has 4 heteroatoms. The summed E-state index contributed by atoms with van der Waals surface area (Å²) in [6.07, 6.45) is 5.58. The minimum absolute atomic E-state index is 0.337. The summed E-state index contributed by atoms with van der Waals surface area (Å²) in [4.78, 5) is 11.7. The number of hydrogen-bond donors (Lipinski definition) is 1. The van der Waals surface area contributed by atoms with Crippen LogP contribution in [0.3, 0.4) is 0 Å². The van der Waals surface area contributed by atoms with Gasteiger partial charge in [0.15, 0.2) is 0 Å². The van der Waals surface area contributed by atoms with Crippen LogP contribution in [0.5, 0.6) is 0 Å². The normalized spacial score (nSPS) is 11.1. The van der Waals surface area contributed by atoms with Crippen molar-refractivity contribution in [1.82, 2.24) is 19.5 Å². The Hall–Kier alpha value is -3.32. The van der Waals surface area contributed by atoms with Gasteiger partial charge in [0, 0.05) is 34.9 Å². The molecule has 0 saturated heterocycles. The van der Waals surface area contributed by atoms with Gasteiger partial charge in [-0.15, -0.1) is 0 Å². The highest BCUT2D eigenvalue weighted by Crippen LogP contribution is 2.31. The van der Waals surface area contributed by atoms with Crippen LogP contribution in [0.1, 0.15) is 43.6 Å². The summed E-state index contributed by atoms with van der Waals surface area (Å²) in [6, 6.07) is 8.54. The number of aromatic nitrogens is 4. The number of fused-ring (bicyclic) bond motifs is 2. The van der Waals surface area contributed by atoms with Crippen LogP contribution < -0.4 is 0 Å². The molecule has 3 aromatic heterocycles. The predicted octanol–water partition coefficient (Wildman–Crippen LogP) is 4.93. The van der Waals surface area contributed by atoms with E-state index in [4.69, 9.17) is 0 Å². The molecule has 0 atom stereocenters. The second kappa shape index (κ2) is 6.20. The number of benzene rings is 1. The van der Waals surface area contributed by atoms with Gasteiger partial charge in [-0.3, -0.25) is 0 Å². The zero-order chi connectivity index (χ0) is 18.3. The van der Waals surface area contributed by atoms with Crippen LogP contribution in [0.2, 0.25) is 0 Å². The molecule has 0 saturated carbocycles. The number of allylic oxidation sites excluding steroid dienone is 1. The molecular weight excluding hydrogens is 320 g/mol. The molecule has 26 heavy (non-hydrogen) atoms. The highest BCUT2D eigenvalue weighted by molar-refractivity contribution is 5.96. The molecule has 0 spiro atoms. The van der Waals surface area contributed by atoms with Gasteiger partial charge in [0.2, 0.25) is 0 Å². The van der Waals surface area contributed by atoms with E-state index in [1.54, 1.807) is 6.33 Å². The fourth-order valence-electron chi connectivity index (χ4n) is 3.26. The second-order valence-corrected chi connectivity index (χ2v) is 6.74. The number of rotatable bonds is 2. The van der Waals surface area contributed by atoms with Gasteiger partial charge in [0.25, 0.3) is 0 Å².